The second-order valence-electron chi connectivity index (χ2n) is 7.53. The summed E-state index contributed by atoms with van der Waals surface area (Å²) in [6, 6.07) is 24.1. The summed E-state index contributed by atoms with van der Waals surface area (Å²) in [4.78, 5) is 2.43. The second-order valence-corrected chi connectivity index (χ2v) is 7.53. The number of benzene rings is 3. The lowest BCUT2D eigenvalue weighted by molar-refractivity contribution is 0.577. The molecule has 2 heteroatoms. The molecule has 0 unspecified atom stereocenters. The van der Waals surface area contributed by atoms with E-state index in [2.05, 4.69) is 71.6 Å². The van der Waals surface area contributed by atoms with Gasteiger partial charge in [-0.1, -0.05) is 54.6 Å². The number of anilines is 1. The zero-order valence-electron chi connectivity index (χ0n) is 15.4. The van der Waals surface area contributed by atoms with Crippen LogP contribution in [0.1, 0.15) is 36.0 Å². The summed E-state index contributed by atoms with van der Waals surface area (Å²) < 4.78 is 0. The first-order valence-electron chi connectivity index (χ1n) is 9.85. The fraction of sp³-hybridized carbons (Fsp3) is 0.240. The molecule has 0 N–H and O–H groups in total. The standard InChI is InChI=1S/C25H22N2/c26-17-23-22-15-19-11-5-6-12-20(19)25(22)21(18-9-3-1-4-10-18)16-24(23)27-13-7-2-8-14-27/h1,3-6,9-12,16H,2,7-8,13-15H2. The van der Waals surface area contributed by atoms with Crippen LogP contribution in [0.5, 0.6) is 0 Å². The number of nitriles is 1. The third-order valence-corrected chi connectivity index (χ3v) is 5.96. The molecule has 1 aliphatic carbocycles. The lowest BCUT2D eigenvalue weighted by Gasteiger charge is -2.31. The van der Waals surface area contributed by atoms with Crippen molar-refractivity contribution in [2.45, 2.75) is 25.7 Å². The molecule has 0 spiro atoms. The largest absolute Gasteiger partial charge is 0.370 e. The lowest BCUT2D eigenvalue weighted by atomic mass is 9.90. The Bertz CT molecular complexity index is 1040. The van der Waals surface area contributed by atoms with Crippen molar-refractivity contribution >= 4 is 5.69 Å². The molecule has 0 radical (unpaired) electrons. The van der Waals surface area contributed by atoms with E-state index in [4.69, 9.17) is 0 Å². The first-order chi connectivity index (χ1) is 13.4. The van der Waals surface area contributed by atoms with Crippen LogP contribution in [-0.2, 0) is 6.42 Å². The Morgan fingerprint density at radius 2 is 1.56 bits per heavy atom. The maximum absolute atomic E-state index is 10.1. The SMILES string of the molecule is N#Cc1c(N2CCCCC2)cc(-c2ccccc2)c2c1Cc1ccccc1-2. The molecule has 2 nitrogen and oxygen atoms in total. The van der Waals surface area contributed by atoms with Crippen molar-refractivity contribution < 1.29 is 0 Å². The molecule has 27 heavy (non-hydrogen) atoms. The molecule has 1 heterocycles. The van der Waals surface area contributed by atoms with Crippen LogP contribution < -0.4 is 4.90 Å². The Kier molecular flexibility index (Phi) is 3.94. The summed E-state index contributed by atoms with van der Waals surface area (Å²) in [7, 11) is 0. The van der Waals surface area contributed by atoms with E-state index in [1.54, 1.807) is 0 Å². The summed E-state index contributed by atoms with van der Waals surface area (Å²) in [5.41, 5.74) is 9.58. The summed E-state index contributed by atoms with van der Waals surface area (Å²) in [5.74, 6) is 0. The number of fused-ring (bicyclic) bond motifs is 3. The lowest BCUT2D eigenvalue weighted by Crippen LogP contribution is -2.30. The maximum Gasteiger partial charge on any atom is 0.102 e. The molecule has 3 aromatic rings. The first-order valence-corrected chi connectivity index (χ1v) is 9.85. The fourth-order valence-corrected chi connectivity index (χ4v) is 4.67. The van der Waals surface area contributed by atoms with Crippen molar-refractivity contribution in [3.05, 3.63) is 77.4 Å². The van der Waals surface area contributed by atoms with Crippen molar-refractivity contribution in [1.29, 1.82) is 5.26 Å². The molecule has 1 saturated heterocycles. The Balaban J connectivity index is 1.80. The highest BCUT2D eigenvalue weighted by atomic mass is 15.1. The molecule has 3 aromatic carbocycles. The normalized spacial score (nSPS) is 15.1. The van der Waals surface area contributed by atoms with Crippen LogP contribution >= 0.6 is 0 Å². The van der Waals surface area contributed by atoms with Crippen LogP contribution in [0.3, 0.4) is 0 Å². The molecule has 0 atom stereocenters. The van der Waals surface area contributed by atoms with Gasteiger partial charge in [0.15, 0.2) is 0 Å². The van der Waals surface area contributed by atoms with Gasteiger partial charge in [-0.3, -0.25) is 0 Å². The Morgan fingerprint density at radius 1 is 0.815 bits per heavy atom. The van der Waals surface area contributed by atoms with Gasteiger partial charge in [0.05, 0.1) is 11.3 Å². The Morgan fingerprint density at radius 3 is 2.33 bits per heavy atom. The van der Waals surface area contributed by atoms with Gasteiger partial charge >= 0.3 is 0 Å². The highest BCUT2D eigenvalue weighted by Gasteiger charge is 2.28. The van der Waals surface area contributed by atoms with Crippen molar-refractivity contribution in [3.8, 4) is 28.3 Å². The predicted octanol–water partition coefficient (Wildman–Crippen LogP) is 5.79. The molecule has 0 aromatic heterocycles. The highest BCUT2D eigenvalue weighted by molar-refractivity contribution is 5.95. The van der Waals surface area contributed by atoms with Gasteiger partial charge in [-0.2, -0.15) is 5.26 Å². The molecule has 0 amide bonds. The van der Waals surface area contributed by atoms with Crippen molar-refractivity contribution in [1.82, 2.24) is 0 Å². The number of hydrogen-bond acceptors (Lipinski definition) is 2. The minimum atomic E-state index is 0.857. The fourth-order valence-electron chi connectivity index (χ4n) is 4.67. The molecule has 0 bridgehead atoms. The molecule has 5 rings (SSSR count). The van der Waals surface area contributed by atoms with E-state index in [0.29, 0.717) is 0 Å². The van der Waals surface area contributed by atoms with E-state index in [0.717, 1.165) is 30.8 Å². The van der Waals surface area contributed by atoms with E-state index in [1.807, 2.05) is 0 Å². The van der Waals surface area contributed by atoms with Gasteiger partial charge in [-0.05, 0) is 58.7 Å². The van der Waals surface area contributed by atoms with Crippen molar-refractivity contribution in [3.63, 3.8) is 0 Å². The van der Waals surface area contributed by atoms with Crippen LogP contribution in [-0.4, -0.2) is 13.1 Å². The number of hydrogen-bond donors (Lipinski definition) is 0. The Hall–Kier alpha value is -3.05. The number of piperidine rings is 1. The number of rotatable bonds is 2. The van der Waals surface area contributed by atoms with Gasteiger partial charge in [0, 0.05) is 19.5 Å². The molecular formula is C25H22N2. The third-order valence-electron chi connectivity index (χ3n) is 5.96. The van der Waals surface area contributed by atoms with E-state index >= 15 is 0 Å². The van der Waals surface area contributed by atoms with E-state index in [-0.39, 0.29) is 0 Å². The zero-order valence-corrected chi connectivity index (χ0v) is 15.4. The Labute approximate surface area is 160 Å². The summed E-state index contributed by atoms with van der Waals surface area (Å²) >= 11 is 0. The molecular weight excluding hydrogens is 328 g/mol. The maximum atomic E-state index is 10.1. The summed E-state index contributed by atoms with van der Waals surface area (Å²) in [5, 5.41) is 10.1. The first kappa shape index (κ1) is 16.1. The van der Waals surface area contributed by atoms with Gasteiger partial charge in [0.1, 0.15) is 6.07 Å². The minimum Gasteiger partial charge on any atom is -0.370 e. The van der Waals surface area contributed by atoms with E-state index in [1.165, 1.54) is 52.6 Å². The molecule has 1 aliphatic heterocycles. The second kappa shape index (κ2) is 6.59. The van der Waals surface area contributed by atoms with Gasteiger partial charge < -0.3 is 4.90 Å². The topological polar surface area (TPSA) is 27.0 Å². The van der Waals surface area contributed by atoms with Gasteiger partial charge in [-0.25, -0.2) is 0 Å². The summed E-state index contributed by atoms with van der Waals surface area (Å²) in [6.45, 7) is 2.10. The van der Waals surface area contributed by atoms with Gasteiger partial charge in [-0.15, -0.1) is 0 Å². The average Bonchev–Trinajstić information content (AvgIpc) is 3.13. The van der Waals surface area contributed by atoms with Crippen LogP contribution in [0, 0.1) is 11.3 Å². The molecule has 1 fully saturated rings. The highest BCUT2D eigenvalue weighted by Crippen LogP contribution is 2.47. The van der Waals surface area contributed by atoms with Gasteiger partial charge in [0.2, 0.25) is 0 Å². The smallest absolute Gasteiger partial charge is 0.102 e. The van der Waals surface area contributed by atoms with Crippen molar-refractivity contribution in [2.24, 2.45) is 0 Å². The average molecular weight is 350 g/mol. The van der Waals surface area contributed by atoms with E-state index in [9.17, 15) is 5.26 Å². The van der Waals surface area contributed by atoms with Gasteiger partial charge in [0.25, 0.3) is 0 Å². The zero-order chi connectivity index (χ0) is 18.2. The monoisotopic (exact) mass is 350 g/mol. The summed E-state index contributed by atoms with van der Waals surface area (Å²) in [6.07, 6.45) is 4.57. The molecule has 132 valence electrons. The molecule has 2 aliphatic rings. The van der Waals surface area contributed by atoms with Crippen LogP contribution in [0.4, 0.5) is 5.69 Å². The third kappa shape index (κ3) is 2.62. The quantitative estimate of drug-likeness (QED) is 0.458. The van der Waals surface area contributed by atoms with Crippen molar-refractivity contribution in [2.75, 3.05) is 18.0 Å². The van der Waals surface area contributed by atoms with E-state index < -0.39 is 0 Å². The number of nitrogens with zero attached hydrogens (tertiary/aromatic N) is 2. The predicted molar refractivity (Wildman–Crippen MR) is 111 cm³/mol. The van der Waals surface area contributed by atoms with Crippen LogP contribution in [0.25, 0.3) is 22.3 Å². The van der Waals surface area contributed by atoms with Crippen LogP contribution in [0.15, 0.2) is 60.7 Å². The molecule has 0 saturated carbocycles. The minimum absolute atomic E-state index is 0.857. The van der Waals surface area contributed by atoms with Crippen LogP contribution in [0.2, 0.25) is 0 Å².